The second kappa shape index (κ2) is 58.1. The Morgan fingerprint density at radius 3 is 0.871 bits per heavy atom. The highest BCUT2D eigenvalue weighted by Crippen LogP contribution is 2.10. The first-order valence-electron chi connectivity index (χ1n) is 27.0. The van der Waals surface area contributed by atoms with Crippen molar-refractivity contribution in [3.05, 3.63) is 194 Å². The number of aliphatic hydroxyl groups excluding tert-OH is 1. The Bertz CT molecular complexity index is 1700. The molecule has 0 rings (SSSR count). The maximum Gasteiger partial charge on any atom is 0.306 e. The van der Waals surface area contributed by atoms with Gasteiger partial charge in [0.2, 0.25) is 0 Å². The van der Waals surface area contributed by atoms with Gasteiger partial charge in [0, 0.05) is 12.8 Å². The van der Waals surface area contributed by atoms with Crippen LogP contribution in [-0.4, -0.2) is 36.4 Å². The summed E-state index contributed by atoms with van der Waals surface area (Å²) in [5.41, 5.74) is 0. The second-order valence-corrected chi connectivity index (χ2v) is 16.8. The Kier molecular flexibility index (Phi) is 53.7. The summed E-state index contributed by atoms with van der Waals surface area (Å²) in [5, 5.41) is 9.63. The van der Waals surface area contributed by atoms with Gasteiger partial charge in [0.25, 0.3) is 0 Å². The molecule has 0 fully saturated rings. The van der Waals surface area contributed by atoms with Crippen LogP contribution in [0.4, 0.5) is 0 Å². The summed E-state index contributed by atoms with van der Waals surface area (Å²) in [6.45, 7) is 3.83. The first-order valence-corrected chi connectivity index (χ1v) is 27.0. The molecule has 0 amide bonds. The molecule has 0 saturated heterocycles. The first-order chi connectivity index (χ1) is 34.6. The van der Waals surface area contributed by atoms with Crippen molar-refractivity contribution in [1.29, 1.82) is 0 Å². The number of hydrogen-bond donors (Lipinski definition) is 1. The summed E-state index contributed by atoms with van der Waals surface area (Å²) in [6.07, 6.45) is 93.8. The number of carbonyl (C=O) groups excluding carboxylic acids is 2. The van der Waals surface area contributed by atoms with E-state index in [1.165, 1.54) is 0 Å². The van der Waals surface area contributed by atoms with Gasteiger partial charge >= 0.3 is 11.9 Å². The third-order valence-corrected chi connectivity index (χ3v) is 10.4. The van der Waals surface area contributed by atoms with E-state index in [1.807, 2.05) is 0 Å². The molecule has 1 unspecified atom stereocenters. The number of allylic oxidation sites excluding steroid dienone is 32. The van der Waals surface area contributed by atoms with Gasteiger partial charge in [-0.2, -0.15) is 0 Å². The van der Waals surface area contributed by atoms with Gasteiger partial charge in [-0.15, -0.1) is 0 Å². The smallest absolute Gasteiger partial charge is 0.306 e. The number of unbranched alkanes of at least 4 members (excludes halogenated alkanes) is 6. The topological polar surface area (TPSA) is 72.8 Å². The van der Waals surface area contributed by atoms with E-state index in [2.05, 4.69) is 208 Å². The van der Waals surface area contributed by atoms with Crippen molar-refractivity contribution in [2.24, 2.45) is 0 Å². The summed E-state index contributed by atoms with van der Waals surface area (Å²) >= 11 is 0. The van der Waals surface area contributed by atoms with E-state index in [9.17, 15) is 14.7 Å². The van der Waals surface area contributed by atoms with Crippen molar-refractivity contribution in [2.75, 3.05) is 13.2 Å². The van der Waals surface area contributed by atoms with E-state index < -0.39 is 6.10 Å². The van der Waals surface area contributed by atoms with Crippen LogP contribution in [0.25, 0.3) is 0 Å². The summed E-state index contributed by atoms with van der Waals surface area (Å²) in [7, 11) is 0. The van der Waals surface area contributed by atoms with Crippen LogP contribution in [0.3, 0.4) is 0 Å². The van der Waals surface area contributed by atoms with Crippen molar-refractivity contribution in [3.63, 3.8) is 0 Å². The van der Waals surface area contributed by atoms with Crippen LogP contribution in [0.2, 0.25) is 0 Å². The Hall–Kier alpha value is -5.26. The molecule has 70 heavy (non-hydrogen) atoms. The standard InChI is InChI=1S/C65H96O5/c1-3-5-7-9-11-13-15-17-19-21-23-25-26-27-28-29-30-31-32-33-34-35-36-37-38-40-42-44-46-48-50-52-54-56-58-60-65(68)70-63(61-66)62-69-64(67)59-57-55-53-51-49-47-45-43-41-39-24-22-20-18-16-14-12-10-8-6-4-2/h5-8,11-14,17-20,23-25,27-28,30-31,33-34,36-37,39-40,42-43,45-46,48-49,51,63,66H,3-4,9-10,15-16,21-22,26,29,32,35,38,41,44,47,50,52-62H2,1-2H3/b7-5-,8-6-,13-11-,14-12-,19-17-,20-18-,25-23-,28-27-,31-30-,34-33-,37-36-,39-24-,42-40-,45-43-,48-46-,51-49-. The minimum atomic E-state index is -0.821. The predicted octanol–water partition coefficient (Wildman–Crippen LogP) is 18.5. The zero-order valence-corrected chi connectivity index (χ0v) is 43.9. The quantitative estimate of drug-likeness (QED) is 0.0374. The summed E-state index contributed by atoms with van der Waals surface area (Å²) in [4.78, 5) is 24.5. The largest absolute Gasteiger partial charge is 0.462 e. The zero-order valence-electron chi connectivity index (χ0n) is 43.9. The van der Waals surface area contributed by atoms with Crippen molar-refractivity contribution < 1.29 is 24.2 Å². The van der Waals surface area contributed by atoms with Gasteiger partial charge in [0.05, 0.1) is 6.61 Å². The number of carbonyl (C=O) groups is 2. The van der Waals surface area contributed by atoms with Crippen LogP contribution in [0.5, 0.6) is 0 Å². The Balaban J connectivity index is 3.75. The monoisotopic (exact) mass is 957 g/mol. The van der Waals surface area contributed by atoms with Crippen LogP contribution in [0.15, 0.2) is 194 Å². The van der Waals surface area contributed by atoms with Gasteiger partial charge in [0.15, 0.2) is 6.10 Å². The highest BCUT2D eigenvalue weighted by atomic mass is 16.6. The SMILES string of the molecule is CC/C=C\C/C=C\C/C=C\C/C=C\C/C=C\C/C=C\C/C=C\C/C=C\C/C=C\C/C=C\CCCCCCC(=O)OC(CO)COC(=O)CCCC/C=C\C/C=C\C/C=C\C/C=C\C/C=C\C/C=C\CC. The molecule has 0 aromatic carbocycles. The van der Waals surface area contributed by atoms with Crippen LogP contribution >= 0.6 is 0 Å². The first kappa shape index (κ1) is 64.7. The molecule has 0 saturated carbocycles. The minimum absolute atomic E-state index is 0.114. The third-order valence-electron chi connectivity index (χ3n) is 10.4. The fourth-order valence-corrected chi connectivity index (χ4v) is 6.41. The van der Waals surface area contributed by atoms with Gasteiger partial charge in [-0.05, 0) is 141 Å². The molecule has 5 heteroatoms. The lowest BCUT2D eigenvalue weighted by atomic mass is 10.1. The van der Waals surface area contributed by atoms with E-state index in [4.69, 9.17) is 9.47 Å². The van der Waals surface area contributed by atoms with Crippen molar-refractivity contribution in [2.45, 2.75) is 187 Å². The molecule has 0 aromatic heterocycles. The lowest BCUT2D eigenvalue weighted by Crippen LogP contribution is -2.28. The van der Waals surface area contributed by atoms with Crippen molar-refractivity contribution in [3.8, 4) is 0 Å². The van der Waals surface area contributed by atoms with E-state index >= 15 is 0 Å². The Labute approximate surface area is 428 Å². The Morgan fingerprint density at radius 1 is 0.329 bits per heavy atom. The van der Waals surface area contributed by atoms with Gasteiger partial charge in [-0.25, -0.2) is 0 Å². The van der Waals surface area contributed by atoms with Gasteiger partial charge in [0.1, 0.15) is 6.61 Å². The lowest BCUT2D eigenvalue weighted by Gasteiger charge is -2.15. The molecular formula is C65H96O5. The molecule has 1 N–H and O–H groups in total. The second-order valence-electron chi connectivity index (χ2n) is 16.8. The van der Waals surface area contributed by atoms with Crippen molar-refractivity contribution in [1.82, 2.24) is 0 Å². The fourth-order valence-electron chi connectivity index (χ4n) is 6.41. The van der Waals surface area contributed by atoms with Crippen LogP contribution in [0, 0.1) is 0 Å². The maximum atomic E-state index is 12.3. The summed E-state index contributed by atoms with van der Waals surface area (Å²) in [6, 6.07) is 0. The molecule has 0 heterocycles. The normalized spacial score (nSPS) is 13.8. The molecule has 0 spiro atoms. The number of hydrogen-bond acceptors (Lipinski definition) is 5. The number of aliphatic hydroxyl groups is 1. The maximum absolute atomic E-state index is 12.3. The number of ether oxygens (including phenoxy) is 2. The molecule has 5 nitrogen and oxygen atoms in total. The lowest BCUT2D eigenvalue weighted by molar-refractivity contribution is -0.161. The van der Waals surface area contributed by atoms with E-state index in [1.54, 1.807) is 0 Å². The van der Waals surface area contributed by atoms with E-state index in [0.29, 0.717) is 12.8 Å². The summed E-state index contributed by atoms with van der Waals surface area (Å²) in [5.74, 6) is -0.691. The molecule has 0 aliphatic heterocycles. The van der Waals surface area contributed by atoms with Crippen molar-refractivity contribution >= 4 is 11.9 Å². The molecule has 0 aromatic rings. The third kappa shape index (κ3) is 55.3. The molecule has 0 bridgehead atoms. The summed E-state index contributed by atoms with van der Waals surface area (Å²) < 4.78 is 10.6. The molecule has 0 radical (unpaired) electrons. The minimum Gasteiger partial charge on any atom is -0.462 e. The highest BCUT2D eigenvalue weighted by molar-refractivity contribution is 5.70. The molecule has 0 aliphatic rings. The number of rotatable bonds is 46. The molecule has 386 valence electrons. The molecule has 0 aliphatic carbocycles. The van der Waals surface area contributed by atoms with Gasteiger partial charge in [-0.3, -0.25) is 9.59 Å². The van der Waals surface area contributed by atoms with Crippen LogP contribution in [-0.2, 0) is 19.1 Å². The van der Waals surface area contributed by atoms with Gasteiger partial charge < -0.3 is 14.6 Å². The van der Waals surface area contributed by atoms with Crippen LogP contribution in [0.1, 0.15) is 181 Å². The van der Waals surface area contributed by atoms with E-state index in [0.717, 1.165) is 154 Å². The average molecular weight is 957 g/mol. The molecular weight excluding hydrogens is 861 g/mol. The van der Waals surface area contributed by atoms with E-state index in [-0.39, 0.29) is 25.2 Å². The molecule has 1 atom stereocenters. The zero-order chi connectivity index (χ0) is 50.6. The van der Waals surface area contributed by atoms with Crippen LogP contribution < -0.4 is 0 Å². The fraction of sp³-hybridized carbons (Fsp3) is 0.477. The Morgan fingerprint density at radius 2 is 0.571 bits per heavy atom. The number of esters is 2. The average Bonchev–Trinajstić information content (AvgIpc) is 3.36. The van der Waals surface area contributed by atoms with Gasteiger partial charge in [-0.1, -0.05) is 221 Å². The predicted molar refractivity (Wildman–Crippen MR) is 306 cm³/mol. The highest BCUT2D eigenvalue weighted by Gasteiger charge is 2.16.